The van der Waals surface area contributed by atoms with Crippen LogP contribution in [-0.2, 0) is 41.2 Å². The molecule has 0 radical (unpaired) electrons. The molecular weight excluding hydrogens is 531 g/mol. The highest BCUT2D eigenvalue weighted by Gasteiger charge is 2.28. The number of nitrogens with one attached hydrogen (secondary N) is 1. The second-order valence-corrected chi connectivity index (χ2v) is 9.81. The summed E-state index contributed by atoms with van der Waals surface area (Å²) in [5.41, 5.74) is 3.57. The first-order valence-corrected chi connectivity index (χ1v) is 12.4. The van der Waals surface area contributed by atoms with Crippen LogP contribution in [0, 0.1) is 0 Å². The molecular formula is C20H39IN6O3S. The van der Waals surface area contributed by atoms with E-state index < -0.39 is 10.0 Å². The number of sulfonamides is 1. The lowest BCUT2D eigenvalue weighted by atomic mass is 10.1. The Morgan fingerprint density at radius 3 is 2.35 bits per heavy atom. The summed E-state index contributed by atoms with van der Waals surface area (Å²) in [5.74, 6) is 0.821. The van der Waals surface area contributed by atoms with E-state index in [1.807, 2.05) is 25.6 Å². The fourth-order valence-electron chi connectivity index (χ4n) is 3.79. The molecule has 0 aromatic carbocycles. The Balaban J connectivity index is 0.00000480. The van der Waals surface area contributed by atoms with Crippen LogP contribution in [0.15, 0.2) is 4.99 Å². The van der Waals surface area contributed by atoms with Crippen LogP contribution in [0.1, 0.15) is 44.6 Å². The van der Waals surface area contributed by atoms with Crippen LogP contribution in [0.2, 0.25) is 0 Å². The molecule has 0 amide bonds. The van der Waals surface area contributed by atoms with Gasteiger partial charge in [0.15, 0.2) is 5.96 Å². The van der Waals surface area contributed by atoms with Gasteiger partial charge in [0, 0.05) is 58.1 Å². The van der Waals surface area contributed by atoms with Crippen LogP contribution in [0.5, 0.6) is 0 Å². The van der Waals surface area contributed by atoms with Crippen molar-refractivity contribution in [2.45, 2.75) is 53.2 Å². The second kappa shape index (κ2) is 12.9. The second-order valence-electron chi connectivity index (χ2n) is 7.73. The van der Waals surface area contributed by atoms with Crippen molar-refractivity contribution in [1.82, 2.24) is 24.3 Å². The average Bonchev–Trinajstić information content (AvgIpc) is 3.02. The van der Waals surface area contributed by atoms with Crippen molar-refractivity contribution >= 4 is 40.0 Å². The van der Waals surface area contributed by atoms with Gasteiger partial charge < -0.3 is 15.0 Å². The zero-order valence-corrected chi connectivity index (χ0v) is 22.9. The number of ether oxygens (including phenoxy) is 1. The molecule has 11 heteroatoms. The molecule has 180 valence electrons. The van der Waals surface area contributed by atoms with E-state index in [1.165, 1.54) is 11.3 Å². The summed E-state index contributed by atoms with van der Waals surface area (Å²) >= 11 is 0. The molecule has 31 heavy (non-hydrogen) atoms. The summed E-state index contributed by atoms with van der Waals surface area (Å²) in [7, 11) is 0.457. The van der Waals surface area contributed by atoms with E-state index in [0.717, 1.165) is 24.5 Å². The van der Waals surface area contributed by atoms with E-state index in [9.17, 15) is 8.42 Å². The molecule has 0 aliphatic carbocycles. The molecule has 1 fully saturated rings. The minimum atomic E-state index is -3.30. The number of rotatable bonds is 9. The van der Waals surface area contributed by atoms with E-state index in [0.29, 0.717) is 32.7 Å². The maximum atomic E-state index is 12.5. The van der Waals surface area contributed by atoms with E-state index in [2.05, 4.69) is 34.2 Å². The fraction of sp³-hybridized carbons (Fsp3) is 0.800. The lowest BCUT2D eigenvalue weighted by Gasteiger charge is -2.35. The third-order valence-electron chi connectivity index (χ3n) is 5.39. The number of aliphatic imine (C=N–C) groups is 1. The summed E-state index contributed by atoms with van der Waals surface area (Å²) in [6.07, 6.45) is 1.85. The van der Waals surface area contributed by atoms with Crippen molar-refractivity contribution in [2.75, 3.05) is 45.6 Å². The van der Waals surface area contributed by atoms with Gasteiger partial charge in [0.2, 0.25) is 10.0 Å². The van der Waals surface area contributed by atoms with E-state index >= 15 is 0 Å². The van der Waals surface area contributed by atoms with Crippen LogP contribution >= 0.6 is 24.0 Å². The molecule has 1 aromatic heterocycles. The van der Waals surface area contributed by atoms with Gasteiger partial charge >= 0.3 is 0 Å². The molecule has 0 saturated carbocycles. The molecule has 0 spiro atoms. The van der Waals surface area contributed by atoms with Gasteiger partial charge in [-0.3, -0.25) is 9.67 Å². The predicted molar refractivity (Wildman–Crippen MR) is 136 cm³/mol. The Labute approximate surface area is 204 Å². The molecule has 0 atom stereocenters. The smallest absolute Gasteiger partial charge is 0.216 e. The number of halogens is 1. The van der Waals surface area contributed by atoms with Gasteiger partial charge in [-0.05, 0) is 26.7 Å². The highest BCUT2D eigenvalue weighted by atomic mass is 127. The molecule has 1 N–H and O–H groups in total. The normalized spacial score (nSPS) is 16.0. The Kier molecular flexibility index (Phi) is 11.7. The van der Waals surface area contributed by atoms with Crippen LogP contribution in [0.25, 0.3) is 0 Å². The van der Waals surface area contributed by atoms with Crippen molar-refractivity contribution in [3.8, 4) is 0 Å². The van der Waals surface area contributed by atoms with Crippen molar-refractivity contribution in [3.63, 3.8) is 0 Å². The number of hydrogen-bond donors (Lipinski definition) is 1. The van der Waals surface area contributed by atoms with Crippen LogP contribution in [0.4, 0.5) is 0 Å². The maximum Gasteiger partial charge on any atom is 0.216 e. The quantitative estimate of drug-likeness (QED) is 0.276. The Bertz CT molecular complexity index is 817. The van der Waals surface area contributed by atoms with Crippen molar-refractivity contribution < 1.29 is 13.2 Å². The number of aromatic nitrogens is 2. The zero-order chi connectivity index (χ0) is 22.3. The Morgan fingerprint density at radius 1 is 1.19 bits per heavy atom. The van der Waals surface area contributed by atoms with Gasteiger partial charge in [0.1, 0.15) is 0 Å². The maximum absolute atomic E-state index is 12.5. The van der Waals surface area contributed by atoms with Crippen molar-refractivity contribution in [1.29, 1.82) is 0 Å². The molecule has 9 nitrogen and oxygen atoms in total. The average molecular weight is 571 g/mol. The first kappa shape index (κ1) is 28.1. The molecule has 1 saturated heterocycles. The summed E-state index contributed by atoms with van der Waals surface area (Å²) in [5, 5.41) is 8.08. The molecule has 0 unspecified atom stereocenters. The topological polar surface area (TPSA) is 92.1 Å². The van der Waals surface area contributed by atoms with E-state index in [-0.39, 0.29) is 42.4 Å². The zero-order valence-electron chi connectivity index (χ0n) is 19.7. The predicted octanol–water partition coefficient (Wildman–Crippen LogP) is 1.61. The summed E-state index contributed by atoms with van der Waals surface area (Å²) in [4.78, 5) is 6.53. The fourth-order valence-corrected chi connectivity index (χ4v) is 5.07. The van der Waals surface area contributed by atoms with E-state index in [1.54, 1.807) is 11.4 Å². The van der Waals surface area contributed by atoms with Gasteiger partial charge in [-0.25, -0.2) is 8.42 Å². The summed E-state index contributed by atoms with van der Waals surface area (Å²) in [6.45, 7) is 11.1. The molecule has 0 bridgehead atoms. The summed E-state index contributed by atoms with van der Waals surface area (Å²) in [6, 6.07) is 0. The van der Waals surface area contributed by atoms with Gasteiger partial charge in [-0.15, -0.1) is 24.0 Å². The third kappa shape index (κ3) is 7.57. The highest BCUT2D eigenvalue weighted by Crippen LogP contribution is 2.16. The minimum absolute atomic E-state index is 0. The molecule has 1 aliphatic rings. The Morgan fingerprint density at radius 2 is 1.84 bits per heavy atom. The monoisotopic (exact) mass is 570 g/mol. The Hall–Kier alpha value is -0.920. The number of guanidine groups is 1. The minimum Gasteiger partial charge on any atom is -0.378 e. The van der Waals surface area contributed by atoms with Crippen LogP contribution in [-0.4, -0.2) is 85.1 Å². The number of nitrogens with zero attached hydrogens (tertiary/aromatic N) is 5. The van der Waals surface area contributed by atoms with Crippen molar-refractivity contribution in [2.24, 2.45) is 12.0 Å². The van der Waals surface area contributed by atoms with Gasteiger partial charge in [0.25, 0.3) is 0 Å². The van der Waals surface area contributed by atoms with Gasteiger partial charge in [-0.2, -0.15) is 9.40 Å². The molecule has 1 aromatic rings. The number of piperazine rings is 1. The third-order valence-corrected chi connectivity index (χ3v) is 7.22. The standard InChI is InChI=1S/C20H38N6O3S.HI/c1-7-18-17(19(8-2)24(6)23-18)15-22-20(21-5)25-9-11-26(12-10-25)30(27,28)14-13-29-16(3)4;/h16H,7-15H2,1-6H3,(H,21,22);1H. The molecule has 2 rings (SSSR count). The van der Waals surface area contributed by atoms with Crippen LogP contribution < -0.4 is 5.32 Å². The first-order valence-electron chi connectivity index (χ1n) is 10.8. The first-order chi connectivity index (χ1) is 14.2. The SMILES string of the molecule is CCc1nn(C)c(CC)c1CNC(=NC)N1CCN(S(=O)(=O)CCOC(C)C)CC1.I. The van der Waals surface area contributed by atoms with Gasteiger partial charge in [0.05, 0.1) is 24.2 Å². The lowest BCUT2D eigenvalue weighted by Crippen LogP contribution is -2.54. The van der Waals surface area contributed by atoms with Gasteiger partial charge in [-0.1, -0.05) is 13.8 Å². The molecule has 1 aliphatic heterocycles. The van der Waals surface area contributed by atoms with Crippen LogP contribution in [0.3, 0.4) is 0 Å². The summed E-state index contributed by atoms with van der Waals surface area (Å²) < 4.78 is 34.0. The largest absolute Gasteiger partial charge is 0.378 e. The number of hydrogen-bond acceptors (Lipinski definition) is 5. The lowest BCUT2D eigenvalue weighted by molar-refractivity contribution is 0.0904. The van der Waals surface area contributed by atoms with E-state index in [4.69, 9.17) is 4.74 Å². The van der Waals surface area contributed by atoms with Crippen molar-refractivity contribution in [3.05, 3.63) is 17.0 Å². The molecule has 2 heterocycles. The highest BCUT2D eigenvalue weighted by molar-refractivity contribution is 14.0. The number of aryl methyl sites for hydroxylation is 2.